The Balaban J connectivity index is 1.55. The lowest BCUT2D eigenvalue weighted by molar-refractivity contribution is -0.153. The molecule has 0 atom stereocenters. The molecule has 0 aliphatic carbocycles. The third-order valence-corrected chi connectivity index (χ3v) is 5.28. The number of aliphatic hydroxyl groups is 1. The normalized spacial score (nSPS) is 11.4. The van der Waals surface area contributed by atoms with Crippen LogP contribution in [0.3, 0.4) is 0 Å². The number of ether oxygens (including phenoxy) is 4. The molecule has 1 amide bonds. The number of aromatic nitrogens is 3. The van der Waals surface area contributed by atoms with Crippen LogP contribution in [0.4, 0.5) is 23.2 Å². The average Bonchev–Trinajstić information content (AvgIpc) is 3.31. The molecule has 2 aromatic heterocycles. The number of fused-ring (bicyclic) bond motifs is 1. The Morgan fingerprint density at radius 3 is 2.44 bits per heavy atom. The molecule has 0 bridgehead atoms. The van der Waals surface area contributed by atoms with Crippen molar-refractivity contribution in [2.24, 2.45) is 0 Å². The minimum Gasteiger partial charge on any atom is -0.493 e. The highest BCUT2D eigenvalue weighted by Gasteiger charge is 2.30. The van der Waals surface area contributed by atoms with E-state index in [2.05, 4.69) is 15.4 Å². The summed E-state index contributed by atoms with van der Waals surface area (Å²) >= 11 is 0. The van der Waals surface area contributed by atoms with Gasteiger partial charge in [-0.3, -0.25) is 14.5 Å². The Kier molecular flexibility index (Phi) is 8.04. The number of methoxy groups -OCH3 is 2. The Labute approximate surface area is 218 Å². The fraction of sp³-hybridized carbons (Fsp3) is 0.240. The van der Waals surface area contributed by atoms with Gasteiger partial charge in [-0.15, -0.1) is 0 Å². The molecule has 4 rings (SSSR count). The van der Waals surface area contributed by atoms with Gasteiger partial charge in [0.25, 0.3) is 5.91 Å². The van der Waals surface area contributed by atoms with E-state index in [0.717, 1.165) is 16.9 Å². The van der Waals surface area contributed by atoms with Crippen LogP contribution in [0.15, 0.2) is 48.8 Å². The lowest BCUT2D eigenvalue weighted by atomic mass is 10.2. The maximum atomic E-state index is 15.0. The van der Waals surface area contributed by atoms with E-state index in [9.17, 15) is 22.4 Å². The summed E-state index contributed by atoms with van der Waals surface area (Å²) in [7, 11) is 2.95. The summed E-state index contributed by atoms with van der Waals surface area (Å²) in [5.74, 6) is -1.25. The third-order valence-electron chi connectivity index (χ3n) is 5.28. The van der Waals surface area contributed by atoms with Crippen molar-refractivity contribution < 1.29 is 46.4 Å². The van der Waals surface area contributed by atoms with Crippen LogP contribution < -0.4 is 24.3 Å². The molecule has 0 fully saturated rings. The lowest BCUT2D eigenvalue weighted by Gasteiger charge is -2.13. The van der Waals surface area contributed by atoms with Crippen LogP contribution in [-0.4, -0.2) is 59.4 Å². The summed E-state index contributed by atoms with van der Waals surface area (Å²) < 4.78 is 74.9. The number of hydrogen-bond acceptors (Lipinski definition) is 8. The number of nitrogens with zero attached hydrogens (tertiary/aromatic N) is 3. The number of halogens is 4. The first kappa shape index (κ1) is 27.4. The van der Waals surface area contributed by atoms with Gasteiger partial charge in [0.1, 0.15) is 5.75 Å². The summed E-state index contributed by atoms with van der Waals surface area (Å²) in [5, 5.41) is 15.8. The Bertz CT molecular complexity index is 1490. The number of benzene rings is 2. The fourth-order valence-electron chi connectivity index (χ4n) is 3.55. The van der Waals surface area contributed by atoms with E-state index in [0.29, 0.717) is 22.4 Å². The van der Waals surface area contributed by atoms with Crippen LogP contribution in [-0.2, 0) is 6.54 Å². The molecule has 0 aliphatic heterocycles. The third kappa shape index (κ3) is 6.46. The lowest BCUT2D eigenvalue weighted by Crippen LogP contribution is -2.21. The molecule has 10 nitrogen and oxygen atoms in total. The Morgan fingerprint density at radius 1 is 1.03 bits per heavy atom. The van der Waals surface area contributed by atoms with E-state index in [-0.39, 0.29) is 30.3 Å². The summed E-state index contributed by atoms with van der Waals surface area (Å²) in [6.45, 7) is -2.11. The number of alkyl halides is 3. The molecule has 2 aromatic carbocycles. The van der Waals surface area contributed by atoms with E-state index < -0.39 is 36.0 Å². The fourth-order valence-corrected chi connectivity index (χ4v) is 3.55. The van der Waals surface area contributed by atoms with Crippen LogP contribution in [0, 0.1) is 5.82 Å². The predicted octanol–water partition coefficient (Wildman–Crippen LogP) is 4.57. The van der Waals surface area contributed by atoms with Gasteiger partial charge in [0.05, 0.1) is 39.1 Å². The maximum absolute atomic E-state index is 15.0. The maximum Gasteiger partial charge on any atom is 0.422 e. The standard InChI is InChI=1S/C25H22F4N4O6/c1-36-20-10-15-17(11-21(20)37-2)30-6-5-18(15)39-19-4-3-14(9-16(19)26)31-24(35)23-22(38-13-25(27,28)29)12-33(32-23)7-8-34/h3-6,9-12,34H,7-8,13H2,1-2H3,(H,31,35). The number of hydrogen-bond donors (Lipinski definition) is 2. The first-order valence-corrected chi connectivity index (χ1v) is 11.3. The zero-order chi connectivity index (χ0) is 28.2. The Hall–Kier alpha value is -4.59. The van der Waals surface area contributed by atoms with Crippen LogP contribution >= 0.6 is 0 Å². The number of pyridine rings is 1. The molecule has 0 unspecified atom stereocenters. The molecule has 14 heteroatoms. The van der Waals surface area contributed by atoms with Crippen LogP contribution in [0.2, 0.25) is 0 Å². The van der Waals surface area contributed by atoms with Gasteiger partial charge in [-0.2, -0.15) is 18.3 Å². The second kappa shape index (κ2) is 11.4. The van der Waals surface area contributed by atoms with Gasteiger partial charge in [-0.1, -0.05) is 0 Å². The van der Waals surface area contributed by atoms with E-state index in [1.54, 1.807) is 12.1 Å². The number of anilines is 1. The highest BCUT2D eigenvalue weighted by atomic mass is 19.4. The molecule has 206 valence electrons. The summed E-state index contributed by atoms with van der Waals surface area (Å²) in [6, 6.07) is 8.39. The van der Waals surface area contributed by atoms with Crippen molar-refractivity contribution in [1.82, 2.24) is 14.8 Å². The molecular weight excluding hydrogens is 528 g/mol. The molecule has 0 aliphatic rings. The van der Waals surface area contributed by atoms with Gasteiger partial charge >= 0.3 is 6.18 Å². The van der Waals surface area contributed by atoms with Gasteiger partial charge in [0, 0.05) is 29.4 Å². The minimum atomic E-state index is -4.65. The van der Waals surface area contributed by atoms with Crippen molar-refractivity contribution in [1.29, 1.82) is 0 Å². The van der Waals surface area contributed by atoms with Crippen LogP contribution in [0.25, 0.3) is 10.9 Å². The number of rotatable bonds is 10. The molecule has 0 saturated carbocycles. The molecule has 0 saturated heterocycles. The molecule has 39 heavy (non-hydrogen) atoms. The van der Waals surface area contributed by atoms with Gasteiger partial charge in [-0.25, -0.2) is 4.39 Å². The van der Waals surface area contributed by atoms with Crippen molar-refractivity contribution in [2.45, 2.75) is 12.7 Å². The molecule has 2 N–H and O–H groups in total. The SMILES string of the molecule is COc1cc2nccc(Oc3ccc(NC(=O)c4nn(CCO)cc4OCC(F)(F)F)cc3F)c2cc1OC. The minimum absolute atomic E-state index is 0.0191. The Morgan fingerprint density at radius 2 is 1.77 bits per heavy atom. The largest absolute Gasteiger partial charge is 0.493 e. The van der Waals surface area contributed by atoms with E-state index in [1.807, 2.05) is 0 Å². The topological polar surface area (TPSA) is 117 Å². The molecule has 4 aromatic rings. The smallest absolute Gasteiger partial charge is 0.422 e. The average molecular weight is 550 g/mol. The summed E-state index contributed by atoms with van der Waals surface area (Å²) in [4.78, 5) is 17.0. The highest BCUT2D eigenvalue weighted by molar-refractivity contribution is 6.04. The summed E-state index contributed by atoms with van der Waals surface area (Å²) in [6.07, 6.45) is -2.12. The first-order chi connectivity index (χ1) is 18.6. The zero-order valence-electron chi connectivity index (χ0n) is 20.6. The number of nitrogens with one attached hydrogen (secondary N) is 1. The molecule has 2 heterocycles. The van der Waals surface area contributed by atoms with Crippen LogP contribution in [0.5, 0.6) is 28.7 Å². The van der Waals surface area contributed by atoms with Crippen LogP contribution in [0.1, 0.15) is 10.5 Å². The monoisotopic (exact) mass is 550 g/mol. The molecule has 0 spiro atoms. The van der Waals surface area contributed by atoms with E-state index in [1.165, 1.54) is 38.6 Å². The van der Waals surface area contributed by atoms with Gasteiger partial charge in [0.15, 0.2) is 41.1 Å². The number of carbonyl (C=O) groups is 1. The van der Waals surface area contributed by atoms with Crippen molar-refractivity contribution in [3.05, 3.63) is 60.3 Å². The molecule has 0 radical (unpaired) electrons. The zero-order valence-corrected chi connectivity index (χ0v) is 20.6. The van der Waals surface area contributed by atoms with Crippen molar-refractivity contribution in [3.8, 4) is 28.7 Å². The second-order valence-corrected chi connectivity index (χ2v) is 7.97. The second-order valence-electron chi connectivity index (χ2n) is 7.97. The van der Waals surface area contributed by atoms with Gasteiger partial charge in [-0.05, 0) is 24.3 Å². The quantitative estimate of drug-likeness (QED) is 0.276. The van der Waals surface area contributed by atoms with E-state index >= 15 is 0 Å². The van der Waals surface area contributed by atoms with Gasteiger partial charge in [0.2, 0.25) is 0 Å². The summed E-state index contributed by atoms with van der Waals surface area (Å²) in [5.41, 5.74) is 0.0222. The van der Waals surface area contributed by atoms with Crippen molar-refractivity contribution >= 4 is 22.5 Å². The van der Waals surface area contributed by atoms with Crippen molar-refractivity contribution in [2.75, 3.05) is 32.8 Å². The van der Waals surface area contributed by atoms with Crippen molar-refractivity contribution in [3.63, 3.8) is 0 Å². The van der Waals surface area contributed by atoms with Gasteiger partial charge < -0.3 is 29.4 Å². The first-order valence-electron chi connectivity index (χ1n) is 11.3. The van der Waals surface area contributed by atoms with E-state index in [4.69, 9.17) is 24.1 Å². The number of aliphatic hydroxyl groups excluding tert-OH is 1. The molecular formula is C25H22F4N4O6. The highest BCUT2D eigenvalue weighted by Crippen LogP contribution is 2.37. The number of amides is 1. The predicted molar refractivity (Wildman–Crippen MR) is 130 cm³/mol. The number of carbonyl (C=O) groups excluding carboxylic acids is 1.